The van der Waals surface area contributed by atoms with Crippen molar-refractivity contribution in [3.8, 4) is 28.3 Å². The summed E-state index contributed by atoms with van der Waals surface area (Å²) in [5.41, 5.74) is 5.19. The second kappa shape index (κ2) is 10.6. The zero-order valence-corrected chi connectivity index (χ0v) is 19.7. The smallest absolute Gasteiger partial charge is 0.344 e. The molecule has 6 nitrogen and oxygen atoms in total. The highest BCUT2D eigenvalue weighted by molar-refractivity contribution is 5.76. The van der Waals surface area contributed by atoms with Crippen LogP contribution in [0.15, 0.2) is 83.3 Å². The fourth-order valence-electron chi connectivity index (χ4n) is 4.53. The van der Waals surface area contributed by atoms with Crippen molar-refractivity contribution in [1.29, 1.82) is 0 Å². The Labute approximate surface area is 204 Å². The summed E-state index contributed by atoms with van der Waals surface area (Å²) in [6, 6.07) is 26.3. The average molecular weight is 469 g/mol. The highest BCUT2D eigenvalue weighted by Crippen LogP contribution is 2.38. The molecule has 1 aliphatic carbocycles. The predicted molar refractivity (Wildman–Crippen MR) is 134 cm³/mol. The molecule has 0 saturated carbocycles. The first kappa shape index (κ1) is 22.9. The monoisotopic (exact) mass is 468 g/mol. The molecule has 1 N–H and O–H groups in total. The molecule has 1 aliphatic rings. The Hall–Kier alpha value is -3.90. The van der Waals surface area contributed by atoms with Gasteiger partial charge in [0.1, 0.15) is 11.4 Å². The lowest BCUT2D eigenvalue weighted by atomic mass is 10.1. The maximum Gasteiger partial charge on any atom is 0.344 e. The summed E-state index contributed by atoms with van der Waals surface area (Å²) >= 11 is 0. The number of fused-ring (bicyclic) bond motifs is 1. The van der Waals surface area contributed by atoms with Crippen molar-refractivity contribution >= 4 is 5.97 Å². The molecule has 0 bridgehead atoms. The zero-order chi connectivity index (χ0) is 24.0. The van der Waals surface area contributed by atoms with Crippen LogP contribution in [0, 0.1) is 0 Å². The Balaban J connectivity index is 1.33. The Kier molecular flexibility index (Phi) is 6.91. The second-order valence-corrected chi connectivity index (χ2v) is 8.41. The molecule has 0 radical (unpaired) electrons. The number of rotatable bonds is 9. The molecule has 4 aromatic rings. The number of ether oxygens (including phenoxy) is 2. The van der Waals surface area contributed by atoms with Crippen LogP contribution in [0.4, 0.5) is 0 Å². The molecule has 1 aromatic heterocycles. The van der Waals surface area contributed by atoms with Gasteiger partial charge in [0.05, 0.1) is 13.2 Å². The molecular formula is C29H28N2O4. The number of hydrogen-bond donors (Lipinski definition) is 1. The summed E-state index contributed by atoms with van der Waals surface area (Å²) < 4.78 is 17.0. The van der Waals surface area contributed by atoms with E-state index in [4.69, 9.17) is 18.9 Å². The third-order valence-corrected chi connectivity index (χ3v) is 6.13. The van der Waals surface area contributed by atoms with Crippen LogP contribution in [0.5, 0.6) is 5.75 Å². The quantitative estimate of drug-likeness (QED) is 0.316. The number of oxazole rings is 1. The van der Waals surface area contributed by atoms with Crippen molar-refractivity contribution in [1.82, 2.24) is 10.3 Å². The van der Waals surface area contributed by atoms with Crippen LogP contribution in [0.2, 0.25) is 0 Å². The average Bonchev–Trinajstić information content (AvgIpc) is 3.52. The first-order valence-corrected chi connectivity index (χ1v) is 12.0. The van der Waals surface area contributed by atoms with Gasteiger partial charge in [-0.3, -0.25) is 0 Å². The van der Waals surface area contributed by atoms with E-state index in [0.717, 1.165) is 46.7 Å². The number of nitrogens with one attached hydrogen (secondary N) is 1. The number of carbonyl (C=O) groups excluding carboxylic acids is 1. The first-order chi connectivity index (χ1) is 17.2. The first-order valence-electron chi connectivity index (χ1n) is 12.0. The minimum Gasteiger partial charge on any atom is -0.482 e. The van der Waals surface area contributed by atoms with E-state index in [9.17, 15) is 4.79 Å². The van der Waals surface area contributed by atoms with Gasteiger partial charge in [-0.25, -0.2) is 9.78 Å². The molecule has 178 valence electrons. The van der Waals surface area contributed by atoms with Crippen molar-refractivity contribution < 1.29 is 18.7 Å². The summed E-state index contributed by atoms with van der Waals surface area (Å²) in [6.45, 7) is 2.56. The minimum absolute atomic E-state index is 0.0801. The summed E-state index contributed by atoms with van der Waals surface area (Å²) in [5.74, 6) is 1.81. The van der Waals surface area contributed by atoms with Gasteiger partial charge in [-0.1, -0.05) is 72.8 Å². The van der Waals surface area contributed by atoms with E-state index >= 15 is 0 Å². The molecule has 1 atom stereocenters. The fourth-order valence-corrected chi connectivity index (χ4v) is 4.53. The van der Waals surface area contributed by atoms with E-state index in [1.807, 2.05) is 72.8 Å². The number of nitrogens with zero attached hydrogens (tertiary/aromatic N) is 1. The molecule has 35 heavy (non-hydrogen) atoms. The topological polar surface area (TPSA) is 73.6 Å². The highest BCUT2D eigenvalue weighted by Gasteiger charge is 2.26. The number of carbonyl (C=O) groups is 1. The summed E-state index contributed by atoms with van der Waals surface area (Å²) in [7, 11) is 0. The third kappa shape index (κ3) is 5.12. The number of benzene rings is 3. The van der Waals surface area contributed by atoms with Crippen LogP contribution in [-0.2, 0) is 22.5 Å². The van der Waals surface area contributed by atoms with Crippen LogP contribution < -0.4 is 10.1 Å². The molecular weight excluding hydrogens is 440 g/mol. The lowest BCUT2D eigenvalue weighted by molar-refractivity contribution is -0.145. The summed E-state index contributed by atoms with van der Waals surface area (Å²) in [5, 5.41) is 3.61. The molecule has 0 fully saturated rings. The SMILES string of the molecule is CCOC(=O)COc1cccc2c1CCC2NCc1nc(-c2ccccc2)c(-c2ccccc2)o1. The van der Waals surface area contributed by atoms with Crippen molar-refractivity contribution in [3.63, 3.8) is 0 Å². The van der Waals surface area contributed by atoms with Crippen LogP contribution in [0.3, 0.4) is 0 Å². The highest BCUT2D eigenvalue weighted by atomic mass is 16.6. The van der Waals surface area contributed by atoms with Gasteiger partial charge in [0, 0.05) is 17.2 Å². The Morgan fingerprint density at radius 1 is 1.00 bits per heavy atom. The normalized spacial score (nSPS) is 14.5. The van der Waals surface area contributed by atoms with Gasteiger partial charge in [-0.2, -0.15) is 0 Å². The van der Waals surface area contributed by atoms with Crippen LogP contribution in [0.25, 0.3) is 22.6 Å². The van der Waals surface area contributed by atoms with Gasteiger partial charge in [-0.05, 0) is 37.0 Å². The zero-order valence-electron chi connectivity index (χ0n) is 19.7. The van der Waals surface area contributed by atoms with Crippen LogP contribution in [0.1, 0.15) is 36.4 Å². The van der Waals surface area contributed by atoms with Gasteiger partial charge >= 0.3 is 5.97 Å². The summed E-state index contributed by atoms with van der Waals surface area (Å²) in [6.07, 6.45) is 1.81. The molecule has 0 spiro atoms. The van der Waals surface area contributed by atoms with Crippen molar-refractivity contribution in [2.24, 2.45) is 0 Å². The number of hydrogen-bond acceptors (Lipinski definition) is 6. The van der Waals surface area contributed by atoms with Crippen molar-refractivity contribution in [2.45, 2.75) is 32.4 Å². The molecule has 0 amide bonds. The van der Waals surface area contributed by atoms with E-state index < -0.39 is 0 Å². The lowest BCUT2D eigenvalue weighted by Crippen LogP contribution is -2.19. The van der Waals surface area contributed by atoms with E-state index in [1.165, 1.54) is 5.56 Å². The van der Waals surface area contributed by atoms with E-state index in [2.05, 4.69) is 11.4 Å². The van der Waals surface area contributed by atoms with E-state index in [0.29, 0.717) is 19.0 Å². The third-order valence-electron chi connectivity index (χ3n) is 6.13. The Morgan fingerprint density at radius 3 is 2.49 bits per heavy atom. The maximum absolute atomic E-state index is 11.7. The Morgan fingerprint density at radius 2 is 1.74 bits per heavy atom. The fraction of sp³-hybridized carbons (Fsp3) is 0.241. The van der Waals surface area contributed by atoms with Gasteiger partial charge in [0.15, 0.2) is 12.4 Å². The number of esters is 1. The van der Waals surface area contributed by atoms with Gasteiger partial charge < -0.3 is 19.2 Å². The van der Waals surface area contributed by atoms with Gasteiger partial charge in [0.25, 0.3) is 0 Å². The molecule has 3 aromatic carbocycles. The second-order valence-electron chi connectivity index (χ2n) is 8.41. The Bertz CT molecular complexity index is 1230. The standard InChI is InChI=1S/C29H28N2O4/c1-2-33-27(32)19-34-25-15-9-14-22-23(25)16-17-24(22)30-18-26-31-28(20-10-5-3-6-11-20)29(35-26)21-12-7-4-8-13-21/h3-15,24,30H,2,16-19H2,1H3. The van der Waals surface area contributed by atoms with Crippen LogP contribution >= 0.6 is 0 Å². The molecule has 1 unspecified atom stereocenters. The van der Waals surface area contributed by atoms with Crippen molar-refractivity contribution in [3.05, 3.63) is 95.9 Å². The molecule has 6 heteroatoms. The summed E-state index contributed by atoms with van der Waals surface area (Å²) in [4.78, 5) is 16.6. The maximum atomic E-state index is 11.7. The molecule has 0 aliphatic heterocycles. The molecule has 1 heterocycles. The minimum atomic E-state index is -0.356. The molecule has 5 rings (SSSR count). The van der Waals surface area contributed by atoms with Crippen molar-refractivity contribution in [2.75, 3.05) is 13.2 Å². The van der Waals surface area contributed by atoms with Crippen LogP contribution in [-0.4, -0.2) is 24.2 Å². The van der Waals surface area contributed by atoms with Gasteiger partial charge in [0.2, 0.25) is 5.89 Å². The lowest BCUT2D eigenvalue weighted by Gasteiger charge is -2.14. The predicted octanol–water partition coefficient (Wildman–Crippen LogP) is 5.73. The largest absolute Gasteiger partial charge is 0.482 e. The van der Waals surface area contributed by atoms with E-state index in [-0.39, 0.29) is 18.6 Å². The van der Waals surface area contributed by atoms with Gasteiger partial charge in [-0.15, -0.1) is 0 Å². The number of aromatic nitrogens is 1. The molecule has 0 saturated heterocycles. The van der Waals surface area contributed by atoms with E-state index in [1.54, 1.807) is 6.92 Å².